The maximum Gasteiger partial charge on any atom is 0.326 e. The second-order valence-corrected chi connectivity index (χ2v) is 4.58. The van der Waals surface area contributed by atoms with E-state index in [9.17, 15) is 9.59 Å². The molecular weight excluding hydrogens is 218 g/mol. The van der Waals surface area contributed by atoms with E-state index in [1.165, 1.54) is 10.6 Å². The van der Waals surface area contributed by atoms with Crippen molar-refractivity contribution in [3.63, 3.8) is 0 Å². The van der Waals surface area contributed by atoms with Crippen LogP contribution in [0.3, 0.4) is 0 Å². The first-order valence-corrected chi connectivity index (χ1v) is 5.81. The summed E-state index contributed by atoms with van der Waals surface area (Å²) in [6.45, 7) is 6.41. The lowest BCUT2D eigenvalue weighted by Crippen LogP contribution is -2.24. The van der Waals surface area contributed by atoms with Gasteiger partial charge in [-0.25, -0.2) is 0 Å². The van der Waals surface area contributed by atoms with Crippen molar-refractivity contribution < 1.29 is 9.53 Å². The Labute approximate surface area is 101 Å². The molecule has 0 spiro atoms. The molecular formula is C13H19NO3. The molecule has 0 atom stereocenters. The predicted octanol–water partition coefficient (Wildman–Crippen LogP) is 1.75. The first-order valence-electron chi connectivity index (χ1n) is 5.81. The zero-order valence-corrected chi connectivity index (χ0v) is 10.6. The average Bonchev–Trinajstić information content (AvgIpc) is 2.23. The summed E-state index contributed by atoms with van der Waals surface area (Å²) in [4.78, 5) is 22.9. The number of aryl methyl sites for hydroxylation is 1. The normalized spacial score (nSPS) is 10.6. The molecule has 0 radical (unpaired) electrons. The minimum Gasteiger partial charge on any atom is -0.464 e. The zero-order chi connectivity index (χ0) is 12.8. The van der Waals surface area contributed by atoms with Gasteiger partial charge in [0, 0.05) is 12.3 Å². The van der Waals surface area contributed by atoms with Gasteiger partial charge in [-0.05, 0) is 24.8 Å². The number of rotatable bonds is 5. The summed E-state index contributed by atoms with van der Waals surface area (Å²) in [7, 11) is 0. The fourth-order valence-electron chi connectivity index (χ4n) is 1.37. The molecule has 4 heteroatoms. The molecule has 4 nitrogen and oxygen atoms in total. The molecule has 0 aromatic carbocycles. The fraction of sp³-hybridized carbons (Fsp3) is 0.538. The molecule has 0 saturated heterocycles. The number of aromatic nitrogens is 1. The Morgan fingerprint density at radius 1 is 1.41 bits per heavy atom. The molecule has 0 aliphatic carbocycles. The quantitative estimate of drug-likeness (QED) is 0.733. The lowest BCUT2D eigenvalue weighted by Gasteiger charge is -2.08. The molecule has 0 bridgehead atoms. The number of carbonyl (C=O) groups excluding carboxylic acids is 1. The monoisotopic (exact) mass is 237 g/mol. The lowest BCUT2D eigenvalue weighted by atomic mass is 10.1. The van der Waals surface area contributed by atoms with Gasteiger partial charge < -0.3 is 9.30 Å². The number of nitrogens with zero attached hydrogens (tertiary/aromatic N) is 1. The van der Waals surface area contributed by atoms with Gasteiger partial charge in [0.05, 0.1) is 6.61 Å². The highest BCUT2D eigenvalue weighted by Gasteiger charge is 2.06. The third kappa shape index (κ3) is 4.85. The fourth-order valence-corrected chi connectivity index (χ4v) is 1.37. The van der Waals surface area contributed by atoms with Crippen LogP contribution in [-0.4, -0.2) is 17.1 Å². The van der Waals surface area contributed by atoms with Crippen LogP contribution >= 0.6 is 0 Å². The summed E-state index contributed by atoms with van der Waals surface area (Å²) in [5.41, 5.74) is 0.760. The van der Waals surface area contributed by atoms with Gasteiger partial charge in [0.15, 0.2) is 0 Å². The van der Waals surface area contributed by atoms with Crippen molar-refractivity contribution in [2.45, 2.75) is 33.7 Å². The SMILES string of the molecule is Cc1ccc(=O)n(CC(=O)OCCC(C)C)c1. The van der Waals surface area contributed by atoms with E-state index in [0.29, 0.717) is 12.5 Å². The van der Waals surface area contributed by atoms with Gasteiger partial charge in [0.2, 0.25) is 0 Å². The summed E-state index contributed by atoms with van der Waals surface area (Å²) < 4.78 is 6.42. The van der Waals surface area contributed by atoms with E-state index in [-0.39, 0.29) is 18.1 Å². The molecule has 1 aromatic heterocycles. The number of hydrogen-bond donors (Lipinski definition) is 0. The van der Waals surface area contributed by atoms with Crippen LogP contribution in [0.25, 0.3) is 0 Å². The molecule has 0 unspecified atom stereocenters. The molecule has 0 aliphatic rings. The summed E-state index contributed by atoms with van der Waals surface area (Å²) in [5.74, 6) is 0.142. The van der Waals surface area contributed by atoms with E-state index >= 15 is 0 Å². The van der Waals surface area contributed by atoms with Gasteiger partial charge in [-0.1, -0.05) is 19.9 Å². The van der Waals surface area contributed by atoms with E-state index in [0.717, 1.165) is 12.0 Å². The molecule has 94 valence electrons. The Morgan fingerprint density at radius 3 is 2.76 bits per heavy atom. The highest BCUT2D eigenvalue weighted by atomic mass is 16.5. The van der Waals surface area contributed by atoms with Crippen LogP contribution in [0, 0.1) is 12.8 Å². The van der Waals surface area contributed by atoms with E-state index < -0.39 is 0 Å². The minimum atomic E-state index is -0.363. The average molecular weight is 237 g/mol. The molecule has 0 fully saturated rings. The molecule has 17 heavy (non-hydrogen) atoms. The Kier molecular flexibility index (Phi) is 4.94. The van der Waals surface area contributed by atoms with Gasteiger partial charge in [-0.3, -0.25) is 9.59 Å². The van der Waals surface area contributed by atoms with Crippen LogP contribution in [0.1, 0.15) is 25.8 Å². The van der Waals surface area contributed by atoms with Crippen LogP contribution in [-0.2, 0) is 16.1 Å². The lowest BCUT2D eigenvalue weighted by molar-refractivity contribution is -0.144. The molecule has 0 saturated carbocycles. The molecule has 1 heterocycles. The standard InChI is InChI=1S/C13H19NO3/c1-10(2)6-7-17-13(16)9-14-8-11(3)4-5-12(14)15/h4-5,8,10H,6-7,9H2,1-3H3. The topological polar surface area (TPSA) is 48.3 Å². The number of esters is 1. The van der Waals surface area contributed by atoms with Crippen molar-refractivity contribution >= 4 is 5.97 Å². The summed E-state index contributed by atoms with van der Waals surface area (Å²) in [6.07, 6.45) is 2.50. The Morgan fingerprint density at radius 2 is 2.12 bits per heavy atom. The number of hydrogen-bond acceptors (Lipinski definition) is 3. The molecule has 0 N–H and O–H groups in total. The summed E-state index contributed by atoms with van der Waals surface area (Å²) in [6, 6.07) is 3.18. The van der Waals surface area contributed by atoms with Gasteiger partial charge >= 0.3 is 5.97 Å². The van der Waals surface area contributed by atoms with Crippen molar-refractivity contribution in [2.75, 3.05) is 6.61 Å². The summed E-state index contributed by atoms with van der Waals surface area (Å²) in [5, 5.41) is 0. The first kappa shape index (κ1) is 13.5. The van der Waals surface area contributed by atoms with Crippen molar-refractivity contribution in [3.05, 3.63) is 34.2 Å². The number of carbonyl (C=O) groups is 1. The van der Waals surface area contributed by atoms with E-state index in [2.05, 4.69) is 13.8 Å². The third-order valence-corrected chi connectivity index (χ3v) is 2.39. The maximum atomic E-state index is 11.5. The van der Waals surface area contributed by atoms with Crippen LogP contribution < -0.4 is 5.56 Å². The van der Waals surface area contributed by atoms with E-state index in [1.54, 1.807) is 12.3 Å². The van der Waals surface area contributed by atoms with Crippen molar-refractivity contribution in [1.82, 2.24) is 4.57 Å². The highest BCUT2D eigenvalue weighted by Crippen LogP contribution is 1.99. The van der Waals surface area contributed by atoms with Gasteiger partial charge in [0.25, 0.3) is 5.56 Å². The maximum absolute atomic E-state index is 11.5. The van der Waals surface area contributed by atoms with Crippen LogP contribution in [0.15, 0.2) is 23.1 Å². The third-order valence-electron chi connectivity index (χ3n) is 2.39. The largest absolute Gasteiger partial charge is 0.464 e. The number of pyridine rings is 1. The van der Waals surface area contributed by atoms with Crippen LogP contribution in [0.2, 0.25) is 0 Å². The van der Waals surface area contributed by atoms with Crippen LogP contribution in [0.5, 0.6) is 0 Å². The first-order chi connectivity index (χ1) is 7.99. The van der Waals surface area contributed by atoms with Crippen molar-refractivity contribution in [1.29, 1.82) is 0 Å². The zero-order valence-electron chi connectivity index (χ0n) is 10.6. The second kappa shape index (κ2) is 6.23. The van der Waals surface area contributed by atoms with E-state index in [4.69, 9.17) is 4.74 Å². The van der Waals surface area contributed by atoms with Gasteiger partial charge in [-0.2, -0.15) is 0 Å². The minimum absolute atomic E-state index is 0.0153. The van der Waals surface area contributed by atoms with E-state index in [1.807, 2.05) is 6.92 Å². The Hall–Kier alpha value is -1.58. The second-order valence-electron chi connectivity index (χ2n) is 4.58. The van der Waals surface area contributed by atoms with Gasteiger partial charge in [-0.15, -0.1) is 0 Å². The Bertz CT molecular complexity index is 435. The van der Waals surface area contributed by atoms with Crippen molar-refractivity contribution in [2.24, 2.45) is 5.92 Å². The number of ether oxygens (including phenoxy) is 1. The predicted molar refractivity (Wildman–Crippen MR) is 65.9 cm³/mol. The smallest absolute Gasteiger partial charge is 0.326 e. The highest BCUT2D eigenvalue weighted by molar-refractivity contribution is 5.69. The summed E-state index contributed by atoms with van der Waals surface area (Å²) >= 11 is 0. The molecule has 1 aromatic rings. The van der Waals surface area contributed by atoms with Crippen LogP contribution in [0.4, 0.5) is 0 Å². The molecule has 0 amide bonds. The molecule has 0 aliphatic heterocycles. The molecule has 1 rings (SSSR count). The van der Waals surface area contributed by atoms with Gasteiger partial charge in [0.1, 0.15) is 6.54 Å². The van der Waals surface area contributed by atoms with Crippen molar-refractivity contribution in [3.8, 4) is 0 Å². The Balaban J connectivity index is 2.50.